The van der Waals surface area contributed by atoms with Gasteiger partial charge in [0, 0.05) is 49.0 Å². The summed E-state index contributed by atoms with van der Waals surface area (Å²) in [6, 6.07) is 62.6. The lowest BCUT2D eigenvalue weighted by Gasteiger charge is -2.09. The Balaban J connectivity index is 1.03. The molecule has 0 atom stereocenters. The highest BCUT2D eigenvalue weighted by Crippen LogP contribution is 2.41. The maximum absolute atomic E-state index is 6.82. The molecule has 0 radical (unpaired) electrons. The van der Waals surface area contributed by atoms with Crippen molar-refractivity contribution < 1.29 is 8.83 Å². The van der Waals surface area contributed by atoms with Gasteiger partial charge in [-0.3, -0.25) is 0 Å². The third kappa shape index (κ3) is 4.94. The molecule has 4 heterocycles. The number of aromatic nitrogens is 4. The molecule has 6 nitrogen and oxygen atoms in total. The first-order valence-corrected chi connectivity index (χ1v) is 19.0. The second-order valence-electron chi connectivity index (χ2n) is 14.4. The highest BCUT2D eigenvalue weighted by Gasteiger charge is 2.20. The molecule has 266 valence electrons. The van der Waals surface area contributed by atoms with Gasteiger partial charge in [-0.05, 0) is 65.7 Å². The minimum Gasteiger partial charge on any atom is -0.456 e. The van der Waals surface area contributed by atoms with Gasteiger partial charge < -0.3 is 13.4 Å². The van der Waals surface area contributed by atoms with Gasteiger partial charge in [0.2, 0.25) is 0 Å². The summed E-state index contributed by atoms with van der Waals surface area (Å²) >= 11 is 0. The van der Waals surface area contributed by atoms with Crippen LogP contribution >= 0.6 is 0 Å². The first kappa shape index (κ1) is 31.5. The predicted molar refractivity (Wildman–Crippen MR) is 230 cm³/mol. The van der Waals surface area contributed by atoms with Crippen LogP contribution in [0, 0.1) is 0 Å². The summed E-state index contributed by atoms with van der Waals surface area (Å²) in [4.78, 5) is 15.3. The zero-order valence-corrected chi connectivity index (χ0v) is 30.4. The van der Waals surface area contributed by atoms with E-state index in [0.29, 0.717) is 17.5 Å². The number of furan rings is 2. The van der Waals surface area contributed by atoms with E-state index in [9.17, 15) is 0 Å². The summed E-state index contributed by atoms with van der Waals surface area (Å²) in [6.45, 7) is 0. The van der Waals surface area contributed by atoms with Gasteiger partial charge >= 0.3 is 0 Å². The van der Waals surface area contributed by atoms with Crippen molar-refractivity contribution in [3.05, 3.63) is 182 Å². The van der Waals surface area contributed by atoms with Crippen LogP contribution in [-0.4, -0.2) is 19.5 Å². The molecule has 0 aliphatic rings. The average molecular weight is 731 g/mol. The van der Waals surface area contributed by atoms with E-state index in [0.717, 1.165) is 88.4 Å². The number of benzene rings is 8. The van der Waals surface area contributed by atoms with Gasteiger partial charge in [0.15, 0.2) is 23.1 Å². The fourth-order valence-corrected chi connectivity index (χ4v) is 8.46. The van der Waals surface area contributed by atoms with E-state index in [1.54, 1.807) is 0 Å². The smallest absolute Gasteiger partial charge is 0.164 e. The third-order valence-electron chi connectivity index (χ3n) is 11.1. The molecular weight excluding hydrogens is 701 g/mol. The Morgan fingerprint density at radius 2 is 0.947 bits per heavy atom. The first-order chi connectivity index (χ1) is 28.2. The fraction of sp³-hybridized carbons (Fsp3) is 0. The lowest BCUT2D eigenvalue weighted by molar-refractivity contribution is 0.666. The monoisotopic (exact) mass is 730 g/mol. The quantitative estimate of drug-likeness (QED) is 0.176. The van der Waals surface area contributed by atoms with Crippen molar-refractivity contribution in [1.29, 1.82) is 0 Å². The van der Waals surface area contributed by atoms with Crippen LogP contribution in [0.4, 0.5) is 0 Å². The number of para-hydroxylation sites is 3. The van der Waals surface area contributed by atoms with Crippen molar-refractivity contribution in [1.82, 2.24) is 19.5 Å². The zero-order valence-electron chi connectivity index (χ0n) is 30.4. The maximum Gasteiger partial charge on any atom is 0.164 e. The number of nitrogens with zero attached hydrogens (tertiary/aromatic N) is 4. The van der Waals surface area contributed by atoms with Gasteiger partial charge in [0.1, 0.15) is 16.7 Å². The van der Waals surface area contributed by atoms with Crippen LogP contribution < -0.4 is 0 Å². The van der Waals surface area contributed by atoms with Crippen molar-refractivity contribution in [2.24, 2.45) is 0 Å². The van der Waals surface area contributed by atoms with Gasteiger partial charge in [-0.25, -0.2) is 15.0 Å². The van der Waals surface area contributed by atoms with E-state index in [1.807, 2.05) is 60.7 Å². The Morgan fingerprint density at radius 1 is 0.351 bits per heavy atom. The van der Waals surface area contributed by atoms with Crippen molar-refractivity contribution >= 4 is 65.7 Å². The van der Waals surface area contributed by atoms with E-state index in [-0.39, 0.29) is 0 Å². The Kier molecular flexibility index (Phi) is 6.83. The summed E-state index contributed by atoms with van der Waals surface area (Å²) in [5.41, 5.74) is 11.4. The van der Waals surface area contributed by atoms with Crippen molar-refractivity contribution in [3.8, 4) is 51.0 Å². The van der Waals surface area contributed by atoms with Gasteiger partial charge in [-0.2, -0.15) is 0 Å². The molecule has 0 amide bonds. The number of hydrogen-bond acceptors (Lipinski definition) is 5. The first-order valence-electron chi connectivity index (χ1n) is 19.0. The van der Waals surface area contributed by atoms with Gasteiger partial charge in [-0.1, -0.05) is 127 Å². The maximum atomic E-state index is 6.82. The fourth-order valence-electron chi connectivity index (χ4n) is 8.46. The lowest BCUT2D eigenvalue weighted by Crippen LogP contribution is -2.00. The molecule has 8 aromatic carbocycles. The Bertz CT molecular complexity index is 3470. The van der Waals surface area contributed by atoms with Crippen molar-refractivity contribution in [2.45, 2.75) is 0 Å². The second-order valence-corrected chi connectivity index (χ2v) is 14.4. The minimum absolute atomic E-state index is 0.561. The summed E-state index contributed by atoms with van der Waals surface area (Å²) in [5, 5.41) is 6.56. The van der Waals surface area contributed by atoms with E-state index < -0.39 is 0 Å². The second kappa shape index (κ2) is 12.3. The summed E-state index contributed by atoms with van der Waals surface area (Å²) in [5.74, 6) is 1.73. The molecule has 4 aromatic heterocycles. The highest BCUT2D eigenvalue weighted by atomic mass is 16.3. The van der Waals surface area contributed by atoms with Crippen LogP contribution in [0.5, 0.6) is 0 Å². The molecule has 57 heavy (non-hydrogen) atoms. The molecule has 0 unspecified atom stereocenters. The Morgan fingerprint density at radius 3 is 1.68 bits per heavy atom. The molecule has 0 fully saturated rings. The van der Waals surface area contributed by atoms with Gasteiger partial charge in [-0.15, -0.1) is 0 Å². The van der Waals surface area contributed by atoms with E-state index in [4.69, 9.17) is 23.8 Å². The number of hydrogen-bond donors (Lipinski definition) is 0. The summed E-state index contributed by atoms with van der Waals surface area (Å²) in [6.07, 6.45) is 0. The topological polar surface area (TPSA) is 69.9 Å². The largest absolute Gasteiger partial charge is 0.456 e. The van der Waals surface area contributed by atoms with Crippen LogP contribution in [0.1, 0.15) is 0 Å². The molecule has 0 spiro atoms. The minimum atomic E-state index is 0.561. The van der Waals surface area contributed by atoms with Crippen LogP contribution in [0.2, 0.25) is 0 Å². The Labute approximate surface area is 325 Å². The zero-order chi connectivity index (χ0) is 37.5. The molecule has 6 heteroatoms. The number of fused-ring (bicyclic) bond motifs is 9. The van der Waals surface area contributed by atoms with E-state index in [2.05, 4.69) is 126 Å². The SMILES string of the molecule is c1ccc(-c2nc(-c3ccc4c(c3)oc3c(-n5c6ccccc6c6ccccc65)cccc34)nc(-c3ccc4oc5cccc(-c6ccccc6)c5c4c3)n2)cc1. The van der Waals surface area contributed by atoms with Crippen LogP contribution in [0.3, 0.4) is 0 Å². The molecule has 0 saturated carbocycles. The summed E-state index contributed by atoms with van der Waals surface area (Å²) in [7, 11) is 0. The van der Waals surface area contributed by atoms with Gasteiger partial charge in [0.05, 0.1) is 16.7 Å². The molecule has 0 aliphatic carbocycles. The molecule has 12 aromatic rings. The molecule has 0 saturated heterocycles. The van der Waals surface area contributed by atoms with Crippen molar-refractivity contribution in [2.75, 3.05) is 0 Å². The molecule has 12 rings (SSSR count). The molecular formula is C51H30N4O2. The molecule has 0 aliphatic heterocycles. The van der Waals surface area contributed by atoms with E-state index >= 15 is 0 Å². The van der Waals surface area contributed by atoms with E-state index in [1.165, 1.54) is 10.8 Å². The average Bonchev–Trinajstić information content (AvgIpc) is 3.96. The van der Waals surface area contributed by atoms with Crippen LogP contribution in [0.25, 0.3) is 117 Å². The predicted octanol–water partition coefficient (Wildman–Crippen LogP) is 13.4. The number of rotatable bonds is 5. The van der Waals surface area contributed by atoms with Gasteiger partial charge in [0.25, 0.3) is 0 Å². The van der Waals surface area contributed by atoms with Crippen LogP contribution in [0.15, 0.2) is 191 Å². The molecule has 0 N–H and O–H groups in total. The highest BCUT2D eigenvalue weighted by molar-refractivity contribution is 6.14. The standard InChI is InChI=1S/C51H30N4O2/c1-3-13-31(14-4-1)35-19-12-24-45-47(35)40-29-33(26-28-44(40)56-45)50-52-49(32-15-5-2-6-16-32)53-51(54-50)34-25-27-38-39-20-11-23-43(48(39)57-46(38)30-34)55-41-21-9-7-17-36(41)37-18-8-10-22-42(37)55/h1-30H. The molecule has 0 bridgehead atoms. The van der Waals surface area contributed by atoms with Crippen molar-refractivity contribution in [3.63, 3.8) is 0 Å². The normalized spacial score (nSPS) is 11.9. The summed E-state index contributed by atoms with van der Waals surface area (Å²) < 4.78 is 15.5. The lowest BCUT2D eigenvalue weighted by atomic mass is 9.99. The third-order valence-corrected chi connectivity index (χ3v) is 11.1. The van der Waals surface area contributed by atoms with Crippen LogP contribution in [-0.2, 0) is 0 Å². The Hall–Kier alpha value is -7.83.